The highest BCUT2D eigenvalue weighted by atomic mass is 16.5. The third-order valence-corrected chi connectivity index (χ3v) is 2.15. The molecule has 1 N–H and O–H groups in total. The second-order valence-corrected chi connectivity index (χ2v) is 3.06. The van der Waals surface area contributed by atoms with Gasteiger partial charge in [0.25, 0.3) is 0 Å². The van der Waals surface area contributed by atoms with E-state index >= 15 is 0 Å². The van der Waals surface area contributed by atoms with Crippen LogP contribution >= 0.6 is 0 Å². The zero-order chi connectivity index (χ0) is 10.1. The van der Waals surface area contributed by atoms with Crippen LogP contribution in [0.5, 0.6) is 5.88 Å². The highest BCUT2D eigenvalue weighted by molar-refractivity contribution is 5.89. The van der Waals surface area contributed by atoms with Crippen molar-refractivity contribution in [2.75, 3.05) is 18.1 Å². The predicted molar refractivity (Wildman–Crippen MR) is 49.8 cm³/mol. The molecule has 0 bridgehead atoms. The van der Waals surface area contributed by atoms with Gasteiger partial charge in [0, 0.05) is 6.20 Å². The minimum Gasteiger partial charge on any atom is -0.474 e. The van der Waals surface area contributed by atoms with E-state index < -0.39 is 6.09 Å². The molecule has 2 heterocycles. The van der Waals surface area contributed by atoms with Gasteiger partial charge in [-0.25, -0.2) is 9.78 Å². The quantitative estimate of drug-likeness (QED) is 0.675. The zero-order valence-electron chi connectivity index (χ0n) is 7.73. The molecule has 0 aliphatic carbocycles. The summed E-state index contributed by atoms with van der Waals surface area (Å²) in [6.07, 6.45) is 0.644. The first-order valence-electron chi connectivity index (χ1n) is 4.29. The highest BCUT2D eigenvalue weighted by Crippen LogP contribution is 2.32. The summed E-state index contributed by atoms with van der Waals surface area (Å²) in [6.45, 7) is 2.55. The van der Waals surface area contributed by atoms with E-state index in [1.807, 2.05) is 6.92 Å². The summed E-state index contributed by atoms with van der Waals surface area (Å²) in [5.41, 5.74) is 1.42. The number of amides is 1. The molecule has 5 heteroatoms. The molecule has 0 aromatic carbocycles. The van der Waals surface area contributed by atoms with Crippen molar-refractivity contribution in [2.45, 2.75) is 6.92 Å². The Labute approximate surface area is 80.9 Å². The van der Waals surface area contributed by atoms with E-state index in [-0.39, 0.29) is 0 Å². The fourth-order valence-corrected chi connectivity index (χ4v) is 1.50. The first-order valence-corrected chi connectivity index (χ1v) is 4.29. The molecule has 2 rings (SSSR count). The molecule has 74 valence electrons. The smallest absolute Gasteiger partial charge is 0.412 e. The molecule has 1 aliphatic heterocycles. The van der Waals surface area contributed by atoms with Gasteiger partial charge in [0.2, 0.25) is 5.88 Å². The van der Waals surface area contributed by atoms with Crippen LogP contribution in [0, 0.1) is 6.92 Å². The van der Waals surface area contributed by atoms with E-state index in [0.717, 1.165) is 5.56 Å². The number of rotatable bonds is 0. The fraction of sp³-hybridized carbons (Fsp3) is 0.333. The number of hydrogen-bond acceptors (Lipinski definition) is 3. The first kappa shape index (κ1) is 8.80. The molecular weight excluding hydrogens is 184 g/mol. The summed E-state index contributed by atoms with van der Waals surface area (Å²) in [5.74, 6) is 0.402. The molecule has 5 nitrogen and oxygen atoms in total. The van der Waals surface area contributed by atoms with E-state index in [1.54, 1.807) is 12.3 Å². The van der Waals surface area contributed by atoms with Crippen molar-refractivity contribution < 1.29 is 14.6 Å². The van der Waals surface area contributed by atoms with Crippen LogP contribution in [-0.2, 0) is 0 Å². The minimum atomic E-state index is -0.967. The number of pyridine rings is 1. The number of carboxylic acid groups (broad SMARTS) is 1. The third kappa shape index (κ3) is 1.26. The Bertz CT molecular complexity index is 378. The van der Waals surface area contributed by atoms with Gasteiger partial charge in [-0.15, -0.1) is 0 Å². The van der Waals surface area contributed by atoms with Crippen LogP contribution in [0.1, 0.15) is 5.56 Å². The number of hydrogen-bond donors (Lipinski definition) is 1. The average molecular weight is 194 g/mol. The van der Waals surface area contributed by atoms with Gasteiger partial charge >= 0.3 is 6.09 Å². The maximum atomic E-state index is 10.9. The number of carbonyl (C=O) groups is 1. The van der Waals surface area contributed by atoms with Gasteiger partial charge in [-0.2, -0.15) is 0 Å². The molecular formula is C9H10N2O3. The lowest BCUT2D eigenvalue weighted by molar-refractivity contribution is 0.196. The standard InChI is InChI=1S/C9H10N2O3/c1-6-2-3-10-8-7(6)11(9(12)13)4-5-14-8/h2-3H,4-5H2,1H3,(H,12,13). The normalized spacial score (nSPS) is 14.5. The molecule has 0 spiro atoms. The van der Waals surface area contributed by atoms with Crippen LogP contribution in [0.15, 0.2) is 12.3 Å². The van der Waals surface area contributed by atoms with Crippen molar-refractivity contribution in [3.63, 3.8) is 0 Å². The van der Waals surface area contributed by atoms with Gasteiger partial charge in [0.05, 0.1) is 6.54 Å². The number of aromatic nitrogens is 1. The Hall–Kier alpha value is -1.78. The zero-order valence-corrected chi connectivity index (χ0v) is 7.73. The van der Waals surface area contributed by atoms with E-state index in [9.17, 15) is 4.79 Å². The summed E-state index contributed by atoms with van der Waals surface area (Å²) < 4.78 is 5.27. The topological polar surface area (TPSA) is 62.7 Å². The van der Waals surface area contributed by atoms with Gasteiger partial charge in [-0.1, -0.05) is 0 Å². The monoisotopic (exact) mass is 194 g/mol. The SMILES string of the molecule is Cc1ccnc2c1N(C(=O)O)CCO2. The lowest BCUT2D eigenvalue weighted by Crippen LogP contribution is -2.37. The number of ether oxygens (including phenoxy) is 1. The van der Waals surface area contributed by atoms with E-state index in [0.29, 0.717) is 24.7 Å². The van der Waals surface area contributed by atoms with Crippen LogP contribution in [0.25, 0.3) is 0 Å². The molecule has 1 aromatic rings. The highest BCUT2D eigenvalue weighted by Gasteiger charge is 2.25. The molecule has 14 heavy (non-hydrogen) atoms. The molecule has 0 saturated carbocycles. The van der Waals surface area contributed by atoms with Crippen molar-refractivity contribution in [2.24, 2.45) is 0 Å². The maximum Gasteiger partial charge on any atom is 0.412 e. The number of anilines is 1. The van der Waals surface area contributed by atoms with Gasteiger partial charge in [0.15, 0.2) is 0 Å². The minimum absolute atomic E-state index is 0.356. The molecule has 0 atom stereocenters. The average Bonchev–Trinajstić information content (AvgIpc) is 2.17. The lowest BCUT2D eigenvalue weighted by Gasteiger charge is -2.27. The number of fused-ring (bicyclic) bond motifs is 1. The number of aryl methyl sites for hydroxylation is 1. The molecule has 0 unspecified atom stereocenters. The summed E-state index contributed by atoms with van der Waals surface area (Å²) >= 11 is 0. The van der Waals surface area contributed by atoms with Crippen molar-refractivity contribution in [1.82, 2.24) is 4.98 Å². The summed E-state index contributed by atoms with van der Waals surface area (Å²) in [4.78, 5) is 16.2. The Morgan fingerprint density at radius 1 is 1.71 bits per heavy atom. The molecule has 0 fully saturated rings. The van der Waals surface area contributed by atoms with Crippen molar-refractivity contribution in [3.8, 4) is 5.88 Å². The van der Waals surface area contributed by atoms with Crippen molar-refractivity contribution in [3.05, 3.63) is 17.8 Å². The van der Waals surface area contributed by atoms with Crippen molar-refractivity contribution in [1.29, 1.82) is 0 Å². The van der Waals surface area contributed by atoms with Crippen LogP contribution < -0.4 is 9.64 Å². The first-order chi connectivity index (χ1) is 6.70. The van der Waals surface area contributed by atoms with Crippen molar-refractivity contribution >= 4 is 11.8 Å². The van der Waals surface area contributed by atoms with Crippen LogP contribution in [0.2, 0.25) is 0 Å². The van der Waals surface area contributed by atoms with Gasteiger partial charge in [-0.3, -0.25) is 4.90 Å². The molecule has 0 saturated heterocycles. The number of nitrogens with zero attached hydrogens (tertiary/aromatic N) is 2. The van der Waals surface area contributed by atoms with Crippen LogP contribution in [0.3, 0.4) is 0 Å². The van der Waals surface area contributed by atoms with Gasteiger partial charge in [-0.05, 0) is 18.6 Å². The third-order valence-electron chi connectivity index (χ3n) is 2.15. The summed E-state index contributed by atoms with van der Waals surface area (Å²) in [7, 11) is 0. The van der Waals surface area contributed by atoms with Crippen LogP contribution in [-0.4, -0.2) is 29.3 Å². The Morgan fingerprint density at radius 2 is 2.50 bits per heavy atom. The molecule has 1 aliphatic rings. The Kier molecular flexibility index (Phi) is 1.99. The molecule has 1 aromatic heterocycles. The second kappa shape index (κ2) is 3.17. The fourth-order valence-electron chi connectivity index (χ4n) is 1.50. The van der Waals surface area contributed by atoms with E-state index in [2.05, 4.69) is 4.98 Å². The van der Waals surface area contributed by atoms with Gasteiger partial charge in [0.1, 0.15) is 12.3 Å². The van der Waals surface area contributed by atoms with E-state index in [4.69, 9.17) is 9.84 Å². The predicted octanol–water partition coefficient (Wildman–Crippen LogP) is 1.27. The lowest BCUT2D eigenvalue weighted by atomic mass is 10.2. The molecule has 0 radical (unpaired) electrons. The Morgan fingerprint density at radius 3 is 3.21 bits per heavy atom. The maximum absolute atomic E-state index is 10.9. The summed E-state index contributed by atoms with van der Waals surface area (Å²) in [6, 6.07) is 1.77. The van der Waals surface area contributed by atoms with Crippen LogP contribution in [0.4, 0.5) is 10.5 Å². The summed E-state index contributed by atoms with van der Waals surface area (Å²) in [5, 5.41) is 8.95. The van der Waals surface area contributed by atoms with E-state index in [1.165, 1.54) is 4.90 Å². The van der Waals surface area contributed by atoms with Gasteiger partial charge < -0.3 is 9.84 Å². The Balaban J connectivity index is 2.52. The molecule has 1 amide bonds. The largest absolute Gasteiger partial charge is 0.474 e. The second-order valence-electron chi connectivity index (χ2n) is 3.06.